The van der Waals surface area contributed by atoms with Crippen LogP contribution >= 0.6 is 15.6 Å². The first-order valence-corrected chi connectivity index (χ1v) is 34.8. The van der Waals surface area contributed by atoms with Crippen LogP contribution in [0.3, 0.4) is 0 Å². The molecule has 0 aliphatic heterocycles. The van der Waals surface area contributed by atoms with Crippen LogP contribution in [0, 0.1) is 0 Å². The summed E-state index contributed by atoms with van der Waals surface area (Å²) in [6.45, 7) is 4.65. The van der Waals surface area contributed by atoms with Gasteiger partial charge in [0.15, 0.2) is 12.2 Å². The van der Waals surface area contributed by atoms with Gasteiger partial charge in [-0.1, -0.05) is 252 Å². The minimum Gasteiger partial charge on any atom is -0.462 e. The fraction of sp³-hybridized carbons (Fsp3) is 0.933. The van der Waals surface area contributed by atoms with E-state index >= 15 is 0 Å². The third-order valence-corrected chi connectivity index (χ3v) is 15.8. The lowest BCUT2D eigenvalue weighted by Crippen LogP contribution is -2.30. The molecule has 0 aromatic rings. The van der Waals surface area contributed by atoms with E-state index in [4.69, 9.17) is 37.0 Å². The molecular weight excluding hydrogens is 1050 g/mol. The Hall–Kier alpha value is -1.94. The van der Waals surface area contributed by atoms with E-state index in [2.05, 4.69) is 27.7 Å². The number of rotatable bonds is 61. The summed E-state index contributed by atoms with van der Waals surface area (Å²) in [7, 11) is -9.85. The Morgan fingerprint density at radius 2 is 0.506 bits per heavy atom. The standard InChI is InChI=1S/C60H116O17P2/c1-5-9-13-17-19-21-22-23-24-25-26-27-28-29-30-31-32-33-35-39-43-47-60(65)77-56(51-71-58(63)45-41-38-34-20-18-14-10-6-2)53-75-79(68,69)73-49-54(61)48-72-78(66,67)74-52-55(76-59(64)46-42-37-16-12-8-4)50-70-57(62)44-40-36-15-11-7-3/h54-56,61H,5-53H2,1-4H3,(H,66,67)(H,68,69)/t54-,55+,56+/m0/s1. The van der Waals surface area contributed by atoms with Crippen LogP contribution in [0.25, 0.3) is 0 Å². The number of phosphoric acid groups is 2. The van der Waals surface area contributed by atoms with Crippen LogP contribution in [-0.2, 0) is 65.4 Å². The SMILES string of the molecule is CCCCCCCCCCCCCCCCCCCCCCCC(=O)O[C@H](COC(=O)CCCCCCCCCC)COP(=O)(O)OC[C@@H](O)COP(=O)(O)OC[C@@H](COC(=O)CCCCCCC)OC(=O)CCCCCCC. The van der Waals surface area contributed by atoms with E-state index in [1.807, 2.05) is 0 Å². The Kier molecular flexibility index (Phi) is 53.9. The lowest BCUT2D eigenvalue weighted by atomic mass is 10.0. The lowest BCUT2D eigenvalue weighted by Gasteiger charge is -2.21. The third kappa shape index (κ3) is 55.0. The van der Waals surface area contributed by atoms with Gasteiger partial charge in [0, 0.05) is 25.7 Å². The normalized spacial score (nSPS) is 14.3. The van der Waals surface area contributed by atoms with Crippen LogP contribution in [-0.4, -0.2) is 96.7 Å². The number of carbonyl (C=O) groups excluding carboxylic acids is 4. The topological polar surface area (TPSA) is 237 Å². The van der Waals surface area contributed by atoms with Crippen LogP contribution in [0.15, 0.2) is 0 Å². The van der Waals surface area contributed by atoms with Gasteiger partial charge in [0.1, 0.15) is 19.3 Å². The summed E-state index contributed by atoms with van der Waals surface area (Å²) in [5.41, 5.74) is 0. The van der Waals surface area contributed by atoms with Crippen molar-refractivity contribution in [2.24, 2.45) is 0 Å². The molecule has 0 radical (unpaired) electrons. The van der Waals surface area contributed by atoms with Crippen molar-refractivity contribution < 1.29 is 80.2 Å². The Labute approximate surface area is 479 Å². The Bertz CT molecular complexity index is 1540. The van der Waals surface area contributed by atoms with E-state index in [-0.39, 0.29) is 25.7 Å². The maximum atomic E-state index is 12.9. The van der Waals surface area contributed by atoms with Crippen molar-refractivity contribution in [1.29, 1.82) is 0 Å². The number of ether oxygens (including phenoxy) is 4. The van der Waals surface area contributed by atoms with Crippen molar-refractivity contribution in [1.82, 2.24) is 0 Å². The number of phosphoric ester groups is 2. The molecule has 0 aromatic heterocycles. The Morgan fingerprint density at radius 3 is 0.747 bits per heavy atom. The molecule has 17 nitrogen and oxygen atoms in total. The molecule has 468 valence electrons. The second-order valence-electron chi connectivity index (χ2n) is 21.7. The van der Waals surface area contributed by atoms with Gasteiger partial charge in [-0.05, 0) is 25.7 Å². The number of aliphatic hydroxyl groups is 1. The summed E-state index contributed by atoms with van der Waals surface area (Å²) in [5, 5.41) is 10.4. The van der Waals surface area contributed by atoms with E-state index in [0.29, 0.717) is 25.7 Å². The second-order valence-corrected chi connectivity index (χ2v) is 24.6. The first-order valence-electron chi connectivity index (χ1n) is 31.8. The van der Waals surface area contributed by atoms with Gasteiger partial charge < -0.3 is 33.8 Å². The highest BCUT2D eigenvalue weighted by atomic mass is 31.2. The molecule has 0 saturated carbocycles. The van der Waals surface area contributed by atoms with Crippen molar-refractivity contribution in [2.45, 2.75) is 322 Å². The number of hydrogen-bond donors (Lipinski definition) is 3. The van der Waals surface area contributed by atoms with Crippen LogP contribution in [0.2, 0.25) is 0 Å². The highest BCUT2D eigenvalue weighted by molar-refractivity contribution is 7.47. The molecular formula is C60H116O17P2. The summed E-state index contributed by atoms with van der Waals surface area (Å²) >= 11 is 0. The predicted octanol–water partition coefficient (Wildman–Crippen LogP) is 16.4. The van der Waals surface area contributed by atoms with Gasteiger partial charge in [-0.3, -0.25) is 37.3 Å². The number of unbranched alkanes of at least 4 members (excludes halogenated alkanes) is 35. The summed E-state index contributed by atoms with van der Waals surface area (Å²) in [6, 6.07) is 0. The summed E-state index contributed by atoms with van der Waals surface area (Å²) in [5.74, 6) is -2.17. The van der Waals surface area contributed by atoms with Crippen molar-refractivity contribution in [3.8, 4) is 0 Å². The molecule has 0 aliphatic carbocycles. The van der Waals surface area contributed by atoms with Gasteiger partial charge in [0.05, 0.1) is 26.4 Å². The monoisotopic (exact) mass is 1170 g/mol. The maximum absolute atomic E-state index is 12.9. The summed E-state index contributed by atoms with van der Waals surface area (Å²) in [6.07, 6.45) is 40.1. The maximum Gasteiger partial charge on any atom is 0.472 e. The molecule has 0 saturated heterocycles. The molecule has 79 heavy (non-hydrogen) atoms. The predicted molar refractivity (Wildman–Crippen MR) is 312 cm³/mol. The number of aliphatic hydroxyl groups excluding tert-OH is 1. The van der Waals surface area contributed by atoms with Crippen molar-refractivity contribution >= 4 is 39.5 Å². The van der Waals surface area contributed by atoms with Crippen LogP contribution in [0.4, 0.5) is 0 Å². The first-order chi connectivity index (χ1) is 38.2. The fourth-order valence-corrected chi connectivity index (χ4v) is 10.5. The molecule has 3 N–H and O–H groups in total. The minimum absolute atomic E-state index is 0.0991. The minimum atomic E-state index is -4.93. The lowest BCUT2D eigenvalue weighted by molar-refractivity contribution is -0.161. The second kappa shape index (κ2) is 55.3. The van der Waals surface area contributed by atoms with Crippen molar-refractivity contribution in [2.75, 3.05) is 39.6 Å². The molecule has 2 unspecified atom stereocenters. The summed E-state index contributed by atoms with van der Waals surface area (Å²) in [4.78, 5) is 71.4. The largest absolute Gasteiger partial charge is 0.472 e. The number of hydrogen-bond acceptors (Lipinski definition) is 15. The Balaban J connectivity index is 4.96. The molecule has 0 bridgehead atoms. The van der Waals surface area contributed by atoms with E-state index < -0.39 is 97.5 Å². The molecule has 0 amide bonds. The zero-order valence-corrected chi connectivity index (χ0v) is 52.1. The van der Waals surface area contributed by atoms with Gasteiger partial charge in [0.2, 0.25) is 0 Å². The molecule has 0 rings (SSSR count). The molecule has 0 aliphatic rings. The molecule has 5 atom stereocenters. The van der Waals surface area contributed by atoms with Gasteiger partial charge in [-0.2, -0.15) is 0 Å². The zero-order chi connectivity index (χ0) is 58.3. The van der Waals surface area contributed by atoms with Crippen LogP contribution in [0.1, 0.15) is 304 Å². The summed E-state index contributed by atoms with van der Waals surface area (Å²) < 4.78 is 67.3. The quantitative estimate of drug-likeness (QED) is 0.0222. The smallest absolute Gasteiger partial charge is 0.462 e. The van der Waals surface area contributed by atoms with E-state index in [1.54, 1.807) is 0 Å². The average Bonchev–Trinajstić information content (AvgIpc) is 3.42. The van der Waals surface area contributed by atoms with Gasteiger partial charge >= 0.3 is 39.5 Å². The first kappa shape index (κ1) is 77.1. The highest BCUT2D eigenvalue weighted by Crippen LogP contribution is 2.45. The number of carbonyl (C=O) groups is 4. The fourth-order valence-electron chi connectivity index (χ4n) is 8.93. The van der Waals surface area contributed by atoms with Crippen molar-refractivity contribution in [3.05, 3.63) is 0 Å². The highest BCUT2D eigenvalue weighted by Gasteiger charge is 2.30. The van der Waals surface area contributed by atoms with Gasteiger partial charge in [-0.25, -0.2) is 9.13 Å². The molecule has 0 spiro atoms. The zero-order valence-electron chi connectivity index (χ0n) is 50.3. The van der Waals surface area contributed by atoms with Crippen LogP contribution in [0.5, 0.6) is 0 Å². The Morgan fingerprint density at radius 1 is 0.304 bits per heavy atom. The molecule has 0 fully saturated rings. The average molecular weight is 1170 g/mol. The van der Waals surface area contributed by atoms with Gasteiger partial charge in [0.25, 0.3) is 0 Å². The molecule has 0 heterocycles. The van der Waals surface area contributed by atoms with Crippen LogP contribution < -0.4 is 0 Å². The van der Waals surface area contributed by atoms with Crippen molar-refractivity contribution in [3.63, 3.8) is 0 Å². The molecule has 0 aromatic carbocycles. The number of esters is 4. The van der Waals surface area contributed by atoms with Gasteiger partial charge in [-0.15, -0.1) is 0 Å². The third-order valence-electron chi connectivity index (χ3n) is 13.9. The molecule has 19 heteroatoms. The van der Waals surface area contributed by atoms with E-state index in [0.717, 1.165) is 103 Å². The van der Waals surface area contributed by atoms with E-state index in [9.17, 15) is 43.2 Å². The van der Waals surface area contributed by atoms with E-state index in [1.165, 1.54) is 122 Å².